The highest BCUT2D eigenvalue weighted by molar-refractivity contribution is 7.99. The molecule has 1 N–H and O–H groups in total. The third-order valence-corrected chi connectivity index (χ3v) is 5.30. The number of hydrogen-bond acceptors (Lipinski definition) is 5. The van der Waals surface area contributed by atoms with E-state index in [9.17, 15) is 14.0 Å². The summed E-state index contributed by atoms with van der Waals surface area (Å²) in [5.74, 6) is -0.0235. The number of piperazine rings is 1. The van der Waals surface area contributed by atoms with Gasteiger partial charge in [0.25, 0.3) is 5.56 Å². The number of thioether (sulfide) groups is 1. The van der Waals surface area contributed by atoms with E-state index < -0.39 is 0 Å². The van der Waals surface area contributed by atoms with Crippen LogP contribution in [0.5, 0.6) is 0 Å². The Kier molecular flexibility index (Phi) is 6.49. The number of nitrogens with one attached hydrogen (secondary N) is 1. The molecule has 0 saturated carbocycles. The van der Waals surface area contributed by atoms with Gasteiger partial charge >= 0.3 is 0 Å². The lowest BCUT2D eigenvalue weighted by atomic mass is 10.2. The Balaban J connectivity index is 1.53. The van der Waals surface area contributed by atoms with E-state index in [1.165, 1.54) is 23.9 Å². The van der Waals surface area contributed by atoms with Crippen LogP contribution in [0.4, 0.5) is 10.1 Å². The van der Waals surface area contributed by atoms with E-state index in [0.717, 1.165) is 18.5 Å². The largest absolute Gasteiger partial charge is 0.366 e. The molecule has 0 unspecified atom stereocenters. The summed E-state index contributed by atoms with van der Waals surface area (Å²) in [6.07, 6.45) is 1.65. The van der Waals surface area contributed by atoms with Crippen LogP contribution in [0.15, 0.2) is 40.3 Å². The van der Waals surface area contributed by atoms with Gasteiger partial charge in [0, 0.05) is 37.9 Å². The molecule has 1 aromatic heterocycles. The van der Waals surface area contributed by atoms with Crippen molar-refractivity contribution in [3.63, 3.8) is 0 Å². The van der Waals surface area contributed by atoms with Crippen LogP contribution < -0.4 is 10.5 Å². The molecule has 8 heteroatoms. The Morgan fingerprint density at radius 2 is 2.00 bits per heavy atom. The fourth-order valence-corrected chi connectivity index (χ4v) is 3.86. The third-order valence-electron chi connectivity index (χ3n) is 4.44. The van der Waals surface area contributed by atoms with Gasteiger partial charge in [0.2, 0.25) is 5.91 Å². The molecule has 0 bridgehead atoms. The van der Waals surface area contributed by atoms with Crippen LogP contribution in [0.3, 0.4) is 0 Å². The standard InChI is InChI=1S/C19H23FN4O2S/c1-2-5-14-12-17(25)22-19(21-14)27-13-18(26)24-10-8-23(9-11-24)16-7-4-3-6-15(16)20/h3-4,6-7,12H,2,5,8-11,13H2,1H3,(H,21,22,25). The van der Waals surface area contributed by atoms with Crippen LogP contribution in [0, 0.1) is 5.82 Å². The summed E-state index contributed by atoms with van der Waals surface area (Å²) in [5.41, 5.74) is 1.13. The van der Waals surface area contributed by atoms with Crippen molar-refractivity contribution in [2.24, 2.45) is 0 Å². The minimum Gasteiger partial charge on any atom is -0.366 e. The molecule has 1 amide bonds. The number of amides is 1. The first-order valence-corrected chi connectivity index (χ1v) is 10.1. The number of hydrogen-bond donors (Lipinski definition) is 1. The summed E-state index contributed by atoms with van der Waals surface area (Å²) in [4.78, 5) is 35.0. The van der Waals surface area contributed by atoms with E-state index in [0.29, 0.717) is 37.0 Å². The second-order valence-corrected chi connectivity index (χ2v) is 7.36. The first-order valence-electron chi connectivity index (χ1n) is 9.07. The maximum atomic E-state index is 13.9. The second kappa shape index (κ2) is 9.03. The summed E-state index contributed by atoms with van der Waals surface area (Å²) in [7, 11) is 0. The summed E-state index contributed by atoms with van der Waals surface area (Å²) in [6.45, 7) is 4.32. The lowest BCUT2D eigenvalue weighted by Gasteiger charge is -2.36. The maximum Gasteiger partial charge on any atom is 0.251 e. The second-order valence-electron chi connectivity index (χ2n) is 6.40. The first kappa shape index (κ1) is 19.4. The number of benzene rings is 1. The van der Waals surface area contributed by atoms with E-state index in [4.69, 9.17) is 0 Å². The zero-order valence-electron chi connectivity index (χ0n) is 15.3. The summed E-state index contributed by atoms with van der Waals surface area (Å²) < 4.78 is 13.9. The van der Waals surface area contributed by atoms with Crippen LogP contribution in [0.1, 0.15) is 19.0 Å². The molecule has 1 aromatic carbocycles. The normalized spacial score (nSPS) is 14.4. The Labute approximate surface area is 161 Å². The van der Waals surface area contributed by atoms with Crippen molar-refractivity contribution >= 4 is 23.4 Å². The van der Waals surface area contributed by atoms with Crippen molar-refractivity contribution in [2.45, 2.75) is 24.9 Å². The van der Waals surface area contributed by atoms with Gasteiger partial charge in [-0.25, -0.2) is 9.37 Å². The Morgan fingerprint density at radius 1 is 1.26 bits per heavy atom. The van der Waals surface area contributed by atoms with Crippen LogP contribution >= 0.6 is 11.8 Å². The van der Waals surface area contributed by atoms with Gasteiger partial charge in [0.15, 0.2) is 5.16 Å². The lowest BCUT2D eigenvalue weighted by molar-refractivity contribution is -0.128. The number of aromatic nitrogens is 2. The van der Waals surface area contributed by atoms with Gasteiger partial charge in [-0.2, -0.15) is 0 Å². The number of carbonyl (C=O) groups excluding carboxylic acids is 1. The third kappa shape index (κ3) is 5.09. The zero-order valence-corrected chi connectivity index (χ0v) is 16.1. The monoisotopic (exact) mass is 390 g/mol. The lowest BCUT2D eigenvalue weighted by Crippen LogP contribution is -2.49. The van der Waals surface area contributed by atoms with Crippen molar-refractivity contribution in [1.82, 2.24) is 14.9 Å². The number of para-hydroxylation sites is 1. The number of rotatable bonds is 6. The fourth-order valence-electron chi connectivity index (χ4n) is 3.06. The molecule has 3 rings (SSSR count). The van der Waals surface area contributed by atoms with Crippen molar-refractivity contribution in [3.05, 3.63) is 52.2 Å². The minimum absolute atomic E-state index is 0.00303. The van der Waals surface area contributed by atoms with Crippen molar-refractivity contribution in [1.29, 1.82) is 0 Å². The van der Waals surface area contributed by atoms with Crippen LogP contribution in [0.2, 0.25) is 0 Å². The summed E-state index contributed by atoms with van der Waals surface area (Å²) in [5, 5.41) is 0.476. The fraction of sp³-hybridized carbons (Fsp3) is 0.421. The molecular weight excluding hydrogens is 367 g/mol. The van der Waals surface area contributed by atoms with Gasteiger partial charge < -0.3 is 14.8 Å². The van der Waals surface area contributed by atoms with Gasteiger partial charge in [0.1, 0.15) is 5.82 Å². The smallest absolute Gasteiger partial charge is 0.251 e. The van der Waals surface area contributed by atoms with Crippen LogP contribution in [-0.4, -0.2) is 52.7 Å². The highest BCUT2D eigenvalue weighted by Gasteiger charge is 2.22. The molecule has 0 aliphatic carbocycles. The van der Waals surface area contributed by atoms with Gasteiger partial charge in [0.05, 0.1) is 11.4 Å². The van der Waals surface area contributed by atoms with Gasteiger partial charge in [-0.15, -0.1) is 0 Å². The van der Waals surface area contributed by atoms with Crippen LogP contribution in [0.25, 0.3) is 0 Å². The minimum atomic E-state index is -0.241. The number of aryl methyl sites for hydroxylation is 1. The molecule has 0 radical (unpaired) electrons. The highest BCUT2D eigenvalue weighted by atomic mass is 32.2. The molecule has 0 spiro atoms. The molecule has 1 fully saturated rings. The Bertz CT molecular complexity index is 850. The molecule has 27 heavy (non-hydrogen) atoms. The number of halogens is 1. The van der Waals surface area contributed by atoms with Gasteiger partial charge in [-0.1, -0.05) is 37.2 Å². The topological polar surface area (TPSA) is 69.3 Å². The quantitative estimate of drug-likeness (QED) is 0.606. The van der Waals surface area contributed by atoms with Crippen LogP contribution in [-0.2, 0) is 11.2 Å². The summed E-state index contributed by atoms with van der Waals surface area (Å²) >= 11 is 1.24. The van der Waals surface area contributed by atoms with Gasteiger partial charge in [-0.05, 0) is 18.6 Å². The summed E-state index contributed by atoms with van der Waals surface area (Å²) in [6, 6.07) is 8.19. The molecule has 0 atom stereocenters. The molecule has 1 saturated heterocycles. The molecule has 6 nitrogen and oxygen atoms in total. The molecule has 1 aliphatic heterocycles. The predicted molar refractivity (Wildman–Crippen MR) is 105 cm³/mol. The molecule has 2 heterocycles. The number of anilines is 1. The number of carbonyl (C=O) groups is 1. The number of aromatic amines is 1. The average molecular weight is 390 g/mol. The molecule has 2 aromatic rings. The first-order chi connectivity index (χ1) is 13.1. The van der Waals surface area contributed by atoms with E-state index in [-0.39, 0.29) is 23.0 Å². The molecule has 1 aliphatic rings. The maximum absolute atomic E-state index is 13.9. The average Bonchev–Trinajstić information content (AvgIpc) is 2.66. The Morgan fingerprint density at radius 3 is 2.70 bits per heavy atom. The van der Waals surface area contributed by atoms with Crippen molar-refractivity contribution in [3.8, 4) is 0 Å². The number of nitrogens with zero attached hydrogens (tertiary/aromatic N) is 3. The number of H-pyrrole nitrogens is 1. The van der Waals surface area contributed by atoms with E-state index in [1.807, 2.05) is 17.9 Å². The SMILES string of the molecule is CCCc1cc(=O)[nH]c(SCC(=O)N2CCN(c3ccccc3F)CC2)n1. The Hall–Kier alpha value is -2.35. The van der Waals surface area contributed by atoms with Crippen molar-refractivity contribution in [2.75, 3.05) is 36.8 Å². The van der Waals surface area contributed by atoms with E-state index >= 15 is 0 Å². The predicted octanol–water partition coefficient (Wildman–Crippen LogP) is 2.30. The zero-order chi connectivity index (χ0) is 19.2. The van der Waals surface area contributed by atoms with Crippen molar-refractivity contribution < 1.29 is 9.18 Å². The highest BCUT2D eigenvalue weighted by Crippen LogP contribution is 2.21. The van der Waals surface area contributed by atoms with E-state index in [1.54, 1.807) is 17.0 Å². The van der Waals surface area contributed by atoms with Gasteiger partial charge in [-0.3, -0.25) is 9.59 Å². The van der Waals surface area contributed by atoms with E-state index in [2.05, 4.69) is 9.97 Å². The molecule has 144 valence electrons. The molecular formula is C19H23FN4O2S.